The van der Waals surface area contributed by atoms with E-state index in [4.69, 9.17) is 0 Å². The van der Waals surface area contributed by atoms with E-state index in [0.29, 0.717) is 17.2 Å². The predicted molar refractivity (Wildman–Crippen MR) is 108 cm³/mol. The van der Waals surface area contributed by atoms with Crippen molar-refractivity contribution in [1.29, 1.82) is 0 Å². The van der Waals surface area contributed by atoms with Gasteiger partial charge >= 0.3 is 0 Å². The Morgan fingerprint density at radius 1 is 1.15 bits per heavy atom. The normalized spacial score (nSPS) is 17.5. The average Bonchev–Trinajstić information content (AvgIpc) is 3.23. The van der Waals surface area contributed by atoms with Gasteiger partial charge in [0.2, 0.25) is 5.91 Å². The zero-order chi connectivity index (χ0) is 17.7. The summed E-state index contributed by atoms with van der Waals surface area (Å²) in [6.07, 6.45) is 0. The van der Waals surface area contributed by atoms with Crippen LogP contribution in [0.2, 0.25) is 0 Å². The van der Waals surface area contributed by atoms with Gasteiger partial charge in [-0.1, -0.05) is 46.3 Å². The molecule has 0 radical (unpaired) electrons. The van der Waals surface area contributed by atoms with E-state index in [0.717, 1.165) is 26.3 Å². The van der Waals surface area contributed by atoms with E-state index in [1.54, 1.807) is 16.7 Å². The van der Waals surface area contributed by atoms with Crippen LogP contribution in [0.3, 0.4) is 0 Å². The molecule has 2 aromatic heterocycles. The Labute approximate surface area is 161 Å². The number of fused-ring (bicyclic) bond motifs is 2. The van der Waals surface area contributed by atoms with Gasteiger partial charge in [-0.05, 0) is 29.8 Å². The minimum Gasteiger partial charge on any atom is -0.277 e. The molecular formula is C19H13BrN4OS. The van der Waals surface area contributed by atoms with Crippen LogP contribution >= 0.6 is 27.7 Å². The summed E-state index contributed by atoms with van der Waals surface area (Å²) in [7, 11) is 0. The van der Waals surface area contributed by atoms with Gasteiger partial charge in [0, 0.05) is 9.86 Å². The van der Waals surface area contributed by atoms with Crippen LogP contribution < -0.4 is 4.90 Å². The number of thioether (sulfide) groups is 1. The number of pyridine rings is 1. The number of nitrogens with zero attached hydrogens (tertiary/aromatic N) is 3. The van der Waals surface area contributed by atoms with Crippen LogP contribution in [-0.2, 0) is 4.79 Å². The molecule has 4 aromatic rings. The number of anilines is 1. The first kappa shape index (κ1) is 15.8. The maximum Gasteiger partial charge on any atom is 0.239 e. The van der Waals surface area contributed by atoms with Crippen LogP contribution in [0.4, 0.5) is 5.82 Å². The Hall–Kier alpha value is -2.38. The van der Waals surface area contributed by atoms with Gasteiger partial charge in [-0.3, -0.25) is 14.8 Å². The zero-order valence-corrected chi connectivity index (χ0v) is 15.9. The van der Waals surface area contributed by atoms with Crippen molar-refractivity contribution in [1.82, 2.24) is 15.2 Å². The average molecular weight is 425 g/mol. The molecule has 1 amide bonds. The highest BCUT2D eigenvalue weighted by molar-refractivity contribution is 9.10. The molecular weight excluding hydrogens is 412 g/mol. The molecule has 0 saturated carbocycles. The van der Waals surface area contributed by atoms with Crippen molar-refractivity contribution in [3.63, 3.8) is 0 Å². The fourth-order valence-electron chi connectivity index (χ4n) is 3.25. The third kappa shape index (κ3) is 2.50. The van der Waals surface area contributed by atoms with Crippen molar-refractivity contribution in [3.05, 3.63) is 64.6 Å². The summed E-state index contributed by atoms with van der Waals surface area (Å²) in [6, 6.07) is 18.0. The van der Waals surface area contributed by atoms with Gasteiger partial charge in [0.25, 0.3) is 0 Å². The molecule has 2 aromatic carbocycles. The van der Waals surface area contributed by atoms with Crippen LogP contribution in [-0.4, -0.2) is 26.8 Å². The number of amides is 1. The van der Waals surface area contributed by atoms with Gasteiger partial charge in [-0.15, -0.1) is 11.8 Å². The van der Waals surface area contributed by atoms with E-state index in [9.17, 15) is 4.79 Å². The summed E-state index contributed by atoms with van der Waals surface area (Å²) >= 11 is 5.08. The second-order valence-corrected chi connectivity index (χ2v) is 8.09. The SMILES string of the molecule is O=C1CSC(c2ccc(Br)cc2)N1c1n[nH]c2nc3ccccc3cc12. The lowest BCUT2D eigenvalue weighted by Crippen LogP contribution is -2.28. The Morgan fingerprint density at radius 2 is 1.96 bits per heavy atom. The Morgan fingerprint density at radius 3 is 2.81 bits per heavy atom. The summed E-state index contributed by atoms with van der Waals surface area (Å²) in [6.45, 7) is 0. The number of H-pyrrole nitrogens is 1. The highest BCUT2D eigenvalue weighted by atomic mass is 79.9. The number of nitrogens with one attached hydrogen (secondary N) is 1. The number of hydrogen-bond donors (Lipinski definition) is 1. The monoisotopic (exact) mass is 424 g/mol. The molecule has 5 rings (SSSR count). The van der Waals surface area contributed by atoms with E-state index >= 15 is 0 Å². The maximum absolute atomic E-state index is 12.7. The van der Waals surface area contributed by atoms with Crippen LogP contribution in [0, 0.1) is 0 Å². The number of rotatable bonds is 2. The van der Waals surface area contributed by atoms with Gasteiger partial charge in [0.05, 0.1) is 16.7 Å². The molecule has 0 spiro atoms. The third-order valence-corrected chi connectivity index (χ3v) is 6.22. The molecule has 1 N–H and O–H groups in total. The number of para-hydroxylation sites is 1. The summed E-state index contributed by atoms with van der Waals surface area (Å²) in [4.78, 5) is 19.1. The summed E-state index contributed by atoms with van der Waals surface area (Å²) in [5, 5.41) is 9.23. The first-order chi connectivity index (χ1) is 12.7. The van der Waals surface area contributed by atoms with Crippen LogP contribution in [0.15, 0.2) is 59.1 Å². The quantitative estimate of drug-likeness (QED) is 0.508. The smallest absolute Gasteiger partial charge is 0.239 e. The summed E-state index contributed by atoms with van der Waals surface area (Å²) in [5.41, 5.74) is 2.67. The Kier molecular flexibility index (Phi) is 3.72. The molecule has 0 aliphatic carbocycles. The van der Waals surface area contributed by atoms with Gasteiger partial charge in [0.1, 0.15) is 5.37 Å². The highest BCUT2D eigenvalue weighted by Crippen LogP contribution is 2.43. The molecule has 26 heavy (non-hydrogen) atoms. The van der Waals surface area contributed by atoms with E-state index in [2.05, 4.69) is 31.1 Å². The second kappa shape index (κ2) is 6.10. The second-order valence-electron chi connectivity index (χ2n) is 6.10. The van der Waals surface area contributed by atoms with Gasteiger partial charge < -0.3 is 0 Å². The zero-order valence-electron chi connectivity index (χ0n) is 13.5. The van der Waals surface area contributed by atoms with Crippen molar-refractivity contribution < 1.29 is 4.79 Å². The lowest BCUT2D eigenvalue weighted by atomic mass is 10.1. The number of hydrogen-bond acceptors (Lipinski definition) is 4. The fraction of sp³-hybridized carbons (Fsp3) is 0.105. The van der Waals surface area contributed by atoms with Crippen molar-refractivity contribution in [2.75, 3.05) is 10.7 Å². The molecule has 1 saturated heterocycles. The number of carbonyl (C=O) groups excluding carboxylic acids is 1. The van der Waals surface area contributed by atoms with E-state index in [1.165, 1.54) is 0 Å². The number of benzene rings is 2. The fourth-order valence-corrected chi connectivity index (χ4v) is 4.67. The molecule has 128 valence electrons. The number of aromatic nitrogens is 3. The summed E-state index contributed by atoms with van der Waals surface area (Å²) in [5.74, 6) is 1.14. The van der Waals surface area contributed by atoms with Crippen LogP contribution in [0.5, 0.6) is 0 Å². The molecule has 3 heterocycles. The minimum atomic E-state index is -0.0893. The largest absolute Gasteiger partial charge is 0.277 e. The molecule has 1 atom stereocenters. The van der Waals surface area contributed by atoms with E-state index < -0.39 is 0 Å². The predicted octanol–water partition coefficient (Wildman–Crippen LogP) is 4.65. The van der Waals surface area contributed by atoms with Gasteiger partial charge in [-0.2, -0.15) is 5.10 Å². The number of carbonyl (C=O) groups is 1. The lowest BCUT2D eigenvalue weighted by Gasteiger charge is -2.22. The molecule has 5 nitrogen and oxygen atoms in total. The number of aromatic amines is 1. The number of halogens is 1. The highest BCUT2D eigenvalue weighted by Gasteiger charge is 2.36. The van der Waals surface area contributed by atoms with Crippen LogP contribution in [0.1, 0.15) is 10.9 Å². The van der Waals surface area contributed by atoms with Crippen molar-refractivity contribution in [3.8, 4) is 0 Å². The molecule has 1 fully saturated rings. The Balaban J connectivity index is 1.65. The van der Waals surface area contributed by atoms with Gasteiger partial charge in [0.15, 0.2) is 11.5 Å². The topological polar surface area (TPSA) is 61.9 Å². The molecule has 1 aliphatic rings. The standard InChI is InChI=1S/C19H13BrN4OS/c20-13-7-5-11(6-8-13)19-24(16(25)10-26-19)18-14-9-12-3-1-2-4-15(12)21-17(14)22-23-18/h1-9,19H,10H2,(H,21,22,23). The van der Waals surface area contributed by atoms with Crippen molar-refractivity contribution in [2.45, 2.75) is 5.37 Å². The van der Waals surface area contributed by atoms with Crippen molar-refractivity contribution >= 4 is 61.4 Å². The van der Waals surface area contributed by atoms with Crippen molar-refractivity contribution in [2.24, 2.45) is 0 Å². The third-order valence-electron chi connectivity index (χ3n) is 4.48. The van der Waals surface area contributed by atoms with E-state index in [-0.39, 0.29) is 11.3 Å². The van der Waals surface area contributed by atoms with E-state index in [1.807, 2.05) is 54.6 Å². The first-order valence-corrected chi connectivity index (χ1v) is 9.98. The molecule has 7 heteroatoms. The minimum absolute atomic E-state index is 0.0597. The summed E-state index contributed by atoms with van der Waals surface area (Å²) < 4.78 is 1.02. The Bertz CT molecular complexity index is 1140. The van der Waals surface area contributed by atoms with Crippen LogP contribution in [0.25, 0.3) is 21.9 Å². The maximum atomic E-state index is 12.7. The molecule has 1 unspecified atom stereocenters. The molecule has 0 bridgehead atoms. The van der Waals surface area contributed by atoms with Gasteiger partial charge in [-0.25, -0.2) is 4.98 Å². The molecule has 1 aliphatic heterocycles. The lowest BCUT2D eigenvalue weighted by molar-refractivity contribution is -0.115. The first-order valence-electron chi connectivity index (χ1n) is 8.14.